The maximum Gasteiger partial charge on any atom is 0.247 e. The number of hydrogen-bond donors (Lipinski definition) is 0. The van der Waals surface area contributed by atoms with Crippen molar-refractivity contribution < 1.29 is 17.6 Å². The van der Waals surface area contributed by atoms with E-state index in [-0.39, 0.29) is 23.9 Å². The Morgan fingerprint density at radius 1 is 1.08 bits per heavy atom. The third-order valence-corrected chi connectivity index (χ3v) is 9.63. The molecule has 1 aliphatic rings. The molecular formula is C27H26FN3O3S2. The van der Waals surface area contributed by atoms with Crippen molar-refractivity contribution in [2.45, 2.75) is 44.2 Å². The summed E-state index contributed by atoms with van der Waals surface area (Å²) in [6, 6.07) is 17.5. The zero-order valence-corrected chi connectivity index (χ0v) is 21.7. The van der Waals surface area contributed by atoms with Crippen molar-refractivity contribution in [1.82, 2.24) is 9.29 Å². The van der Waals surface area contributed by atoms with Crippen LogP contribution in [0.4, 0.5) is 9.52 Å². The number of nitrogens with zero attached hydrogens (tertiary/aromatic N) is 3. The van der Waals surface area contributed by atoms with Gasteiger partial charge in [0.15, 0.2) is 5.13 Å². The van der Waals surface area contributed by atoms with Gasteiger partial charge in [-0.1, -0.05) is 47.7 Å². The van der Waals surface area contributed by atoms with E-state index in [1.54, 1.807) is 4.90 Å². The number of carbonyl (C=O) groups is 1. The Labute approximate surface area is 214 Å². The molecule has 1 unspecified atom stereocenters. The number of sulfonamides is 1. The van der Waals surface area contributed by atoms with Gasteiger partial charge in [-0.2, -0.15) is 4.31 Å². The van der Waals surface area contributed by atoms with Crippen molar-refractivity contribution in [2.24, 2.45) is 0 Å². The normalized spacial score (nSPS) is 16.5. The molecule has 6 nitrogen and oxygen atoms in total. The van der Waals surface area contributed by atoms with Crippen LogP contribution in [0.3, 0.4) is 0 Å². The molecule has 1 aliphatic heterocycles. The SMILES string of the molecule is Cc1ccc2sc(N(Cc3ccccc3)C(=O)C3CCCN3S(=O)(=O)c3ccc(F)cc3)nc2c1C. The predicted octanol–water partition coefficient (Wildman–Crippen LogP) is 5.44. The Hall–Kier alpha value is -3.14. The molecule has 1 atom stereocenters. The summed E-state index contributed by atoms with van der Waals surface area (Å²) in [6.45, 7) is 4.54. The molecule has 36 heavy (non-hydrogen) atoms. The van der Waals surface area contributed by atoms with Crippen LogP contribution in [0.1, 0.15) is 29.5 Å². The summed E-state index contributed by atoms with van der Waals surface area (Å²) in [6.07, 6.45) is 0.974. The zero-order chi connectivity index (χ0) is 25.4. The lowest BCUT2D eigenvalue weighted by atomic mass is 10.1. The fraction of sp³-hybridized carbons (Fsp3) is 0.259. The highest BCUT2D eigenvalue weighted by molar-refractivity contribution is 7.89. The van der Waals surface area contributed by atoms with Gasteiger partial charge in [-0.3, -0.25) is 9.69 Å². The number of rotatable bonds is 6. The number of halogens is 1. The number of fused-ring (bicyclic) bond motifs is 1. The Balaban J connectivity index is 1.54. The van der Waals surface area contributed by atoms with Gasteiger partial charge in [0, 0.05) is 6.54 Å². The summed E-state index contributed by atoms with van der Waals surface area (Å²) in [5.74, 6) is -0.825. The number of aryl methyl sites for hydroxylation is 2. The lowest BCUT2D eigenvalue weighted by Crippen LogP contribution is -2.47. The topological polar surface area (TPSA) is 70.6 Å². The minimum Gasteiger partial charge on any atom is -0.282 e. The van der Waals surface area contributed by atoms with Crippen LogP contribution < -0.4 is 4.90 Å². The van der Waals surface area contributed by atoms with E-state index in [9.17, 15) is 17.6 Å². The van der Waals surface area contributed by atoms with Crippen LogP contribution in [0.15, 0.2) is 71.6 Å². The number of benzene rings is 3. The van der Waals surface area contributed by atoms with Gasteiger partial charge >= 0.3 is 0 Å². The number of anilines is 1. The summed E-state index contributed by atoms with van der Waals surface area (Å²) in [4.78, 5) is 20.5. The molecule has 0 radical (unpaired) electrons. The third kappa shape index (κ3) is 4.54. The van der Waals surface area contributed by atoms with Gasteiger partial charge in [0.25, 0.3) is 0 Å². The van der Waals surface area contributed by atoms with Crippen molar-refractivity contribution in [2.75, 3.05) is 11.4 Å². The van der Waals surface area contributed by atoms with Crippen molar-refractivity contribution >= 4 is 42.6 Å². The van der Waals surface area contributed by atoms with Crippen LogP contribution in [0.5, 0.6) is 0 Å². The van der Waals surface area contributed by atoms with Gasteiger partial charge in [-0.05, 0) is 73.7 Å². The highest BCUT2D eigenvalue weighted by Gasteiger charge is 2.42. The maximum atomic E-state index is 14.0. The van der Waals surface area contributed by atoms with Crippen LogP contribution in [0.2, 0.25) is 0 Å². The number of carbonyl (C=O) groups excluding carboxylic acids is 1. The average molecular weight is 524 g/mol. The summed E-state index contributed by atoms with van der Waals surface area (Å²) in [5.41, 5.74) is 3.95. The van der Waals surface area contributed by atoms with Crippen molar-refractivity contribution in [1.29, 1.82) is 0 Å². The predicted molar refractivity (Wildman–Crippen MR) is 140 cm³/mol. The molecule has 1 saturated heterocycles. The maximum absolute atomic E-state index is 14.0. The molecule has 4 aromatic rings. The number of hydrogen-bond acceptors (Lipinski definition) is 5. The third-order valence-electron chi connectivity index (χ3n) is 6.66. The van der Waals surface area contributed by atoms with E-state index >= 15 is 0 Å². The van der Waals surface area contributed by atoms with Crippen LogP contribution in [-0.2, 0) is 21.4 Å². The van der Waals surface area contributed by atoms with Crippen LogP contribution in [0, 0.1) is 19.7 Å². The largest absolute Gasteiger partial charge is 0.282 e. The standard InChI is InChI=1S/C27H26FN3O3S2/c1-18-10-15-24-25(19(18)2)29-27(35-24)30(17-20-7-4-3-5-8-20)26(32)23-9-6-16-31(23)36(33,34)22-13-11-21(28)12-14-22/h3-5,7-8,10-15,23H,6,9,16-17H2,1-2H3. The highest BCUT2D eigenvalue weighted by Crippen LogP contribution is 2.35. The Kier molecular flexibility index (Phi) is 6.63. The quantitative estimate of drug-likeness (QED) is 0.338. The monoisotopic (exact) mass is 523 g/mol. The van der Waals surface area contributed by atoms with E-state index in [4.69, 9.17) is 4.98 Å². The van der Waals surface area contributed by atoms with Crippen molar-refractivity contribution in [3.8, 4) is 0 Å². The molecule has 1 aromatic heterocycles. The molecule has 186 valence electrons. The van der Waals surface area contributed by atoms with Gasteiger partial charge in [0.05, 0.1) is 21.7 Å². The van der Waals surface area contributed by atoms with E-state index in [0.717, 1.165) is 39.0 Å². The van der Waals surface area contributed by atoms with Crippen molar-refractivity contribution in [3.63, 3.8) is 0 Å². The summed E-state index contributed by atoms with van der Waals surface area (Å²) in [5, 5.41) is 0.540. The molecular weight excluding hydrogens is 497 g/mol. The second-order valence-corrected chi connectivity index (χ2v) is 11.9. The molecule has 0 bridgehead atoms. The molecule has 0 aliphatic carbocycles. The fourth-order valence-corrected chi connectivity index (χ4v) is 7.21. The molecule has 1 amide bonds. The first-order valence-corrected chi connectivity index (χ1v) is 14.0. The molecule has 1 fully saturated rings. The van der Waals surface area contributed by atoms with E-state index in [2.05, 4.69) is 0 Å². The highest BCUT2D eigenvalue weighted by atomic mass is 32.2. The number of aromatic nitrogens is 1. The van der Waals surface area contributed by atoms with E-state index < -0.39 is 21.9 Å². The Morgan fingerprint density at radius 2 is 1.81 bits per heavy atom. The molecule has 0 N–H and O–H groups in total. The Bertz CT molecular complexity index is 1520. The lowest BCUT2D eigenvalue weighted by molar-refractivity contribution is -0.121. The van der Waals surface area contributed by atoms with Crippen LogP contribution in [0.25, 0.3) is 10.2 Å². The first-order valence-electron chi connectivity index (χ1n) is 11.7. The van der Waals surface area contributed by atoms with E-state index in [0.29, 0.717) is 18.0 Å². The van der Waals surface area contributed by atoms with E-state index in [1.807, 2.05) is 56.3 Å². The minimum absolute atomic E-state index is 0.0238. The van der Waals surface area contributed by atoms with Gasteiger partial charge in [0.2, 0.25) is 15.9 Å². The average Bonchev–Trinajstić information content (AvgIpc) is 3.54. The number of amides is 1. The first kappa shape index (κ1) is 24.5. The van der Waals surface area contributed by atoms with Crippen molar-refractivity contribution in [3.05, 3.63) is 89.2 Å². The summed E-state index contributed by atoms with van der Waals surface area (Å²) >= 11 is 1.43. The molecule has 0 saturated carbocycles. The molecule has 0 spiro atoms. The molecule has 5 rings (SSSR count). The van der Waals surface area contributed by atoms with Gasteiger partial charge in [-0.15, -0.1) is 0 Å². The smallest absolute Gasteiger partial charge is 0.247 e. The summed E-state index contributed by atoms with van der Waals surface area (Å²) < 4.78 is 42.5. The molecule has 9 heteroatoms. The second-order valence-electron chi connectivity index (χ2n) is 8.99. The van der Waals surface area contributed by atoms with Gasteiger partial charge < -0.3 is 0 Å². The Morgan fingerprint density at radius 3 is 2.53 bits per heavy atom. The van der Waals surface area contributed by atoms with E-state index in [1.165, 1.54) is 27.8 Å². The van der Waals surface area contributed by atoms with Gasteiger partial charge in [0.1, 0.15) is 11.9 Å². The van der Waals surface area contributed by atoms with Gasteiger partial charge in [-0.25, -0.2) is 17.8 Å². The van der Waals surface area contributed by atoms with Crippen LogP contribution in [-0.4, -0.2) is 36.2 Å². The lowest BCUT2D eigenvalue weighted by Gasteiger charge is -2.28. The molecule has 3 aromatic carbocycles. The second kappa shape index (κ2) is 9.72. The zero-order valence-electron chi connectivity index (χ0n) is 20.0. The van der Waals surface area contributed by atoms with Crippen LogP contribution >= 0.6 is 11.3 Å². The molecule has 2 heterocycles. The number of thiazole rings is 1. The summed E-state index contributed by atoms with van der Waals surface area (Å²) in [7, 11) is -3.97. The fourth-order valence-electron chi connectivity index (χ4n) is 4.53. The minimum atomic E-state index is -3.97. The first-order chi connectivity index (χ1) is 17.3.